The molecule has 0 unspecified atom stereocenters. The second-order valence-electron chi connectivity index (χ2n) is 7.38. The van der Waals surface area contributed by atoms with Crippen LogP contribution >= 0.6 is 0 Å². The van der Waals surface area contributed by atoms with Crippen LogP contribution < -0.4 is 5.32 Å². The minimum absolute atomic E-state index is 0.0205. The summed E-state index contributed by atoms with van der Waals surface area (Å²) in [6, 6.07) is 5.94. The Bertz CT molecular complexity index is 778. The zero-order valence-corrected chi connectivity index (χ0v) is 14.9. The first-order valence-corrected chi connectivity index (χ1v) is 9.01. The van der Waals surface area contributed by atoms with Crippen molar-refractivity contribution in [2.75, 3.05) is 13.1 Å². The molecule has 0 aromatic carbocycles. The largest absolute Gasteiger partial charge is 0.337 e. The third kappa shape index (κ3) is 3.06. The molecule has 2 fully saturated rings. The number of rotatable bonds is 4. The van der Waals surface area contributed by atoms with Crippen LogP contribution in [0.15, 0.2) is 30.6 Å². The van der Waals surface area contributed by atoms with Gasteiger partial charge in [0.2, 0.25) is 0 Å². The lowest BCUT2D eigenvalue weighted by Gasteiger charge is -2.29. The highest BCUT2D eigenvalue weighted by molar-refractivity contribution is 5.92. The van der Waals surface area contributed by atoms with Crippen molar-refractivity contribution in [3.63, 3.8) is 0 Å². The zero-order chi connectivity index (χ0) is 17.4. The molecule has 1 aliphatic heterocycles. The molecular formula is C19H25N5O. The molecule has 2 aromatic heterocycles. The maximum atomic E-state index is 13.3. The molecule has 4 rings (SSSR count). The minimum atomic E-state index is 0.0205. The molecule has 1 aliphatic carbocycles. The summed E-state index contributed by atoms with van der Waals surface area (Å²) < 4.78 is 1.99. The summed E-state index contributed by atoms with van der Waals surface area (Å²) in [6.45, 7) is 4.55. The number of pyridine rings is 1. The highest BCUT2D eigenvalue weighted by atomic mass is 16.2. The highest BCUT2D eigenvalue weighted by Gasteiger charge is 2.58. The number of carbonyl (C=O) groups excluding carboxylic acids is 1. The first-order chi connectivity index (χ1) is 12.1. The van der Waals surface area contributed by atoms with E-state index < -0.39 is 0 Å². The predicted molar refractivity (Wildman–Crippen MR) is 95.0 cm³/mol. The monoisotopic (exact) mass is 339 g/mol. The molecule has 3 heterocycles. The predicted octanol–water partition coefficient (Wildman–Crippen LogP) is 1.91. The summed E-state index contributed by atoms with van der Waals surface area (Å²) in [4.78, 5) is 24.2. The standard InChI is InChI=1S/C19H25N5O/c1-14-4-3-5-15(22-14)18(25)24(13-17-21-10-11-23(17)2)16-12-19(16)6-8-20-9-7-19/h3-5,10-11,16,20H,6-9,12-13H2,1-2H3/t16-/m0/s1. The van der Waals surface area contributed by atoms with E-state index in [1.165, 1.54) is 0 Å². The maximum Gasteiger partial charge on any atom is 0.273 e. The van der Waals surface area contributed by atoms with Crippen LogP contribution in [0.2, 0.25) is 0 Å². The maximum absolute atomic E-state index is 13.3. The molecule has 2 aromatic rings. The average molecular weight is 339 g/mol. The molecule has 1 N–H and O–H groups in total. The lowest BCUT2D eigenvalue weighted by atomic mass is 9.93. The van der Waals surface area contributed by atoms with Gasteiger partial charge in [-0.25, -0.2) is 9.97 Å². The van der Waals surface area contributed by atoms with Crippen LogP contribution in [0.1, 0.15) is 41.3 Å². The van der Waals surface area contributed by atoms with Gasteiger partial charge in [0.15, 0.2) is 0 Å². The summed E-state index contributed by atoms with van der Waals surface area (Å²) >= 11 is 0. The fourth-order valence-electron chi connectivity index (χ4n) is 4.06. The molecule has 2 aliphatic rings. The van der Waals surface area contributed by atoms with E-state index in [9.17, 15) is 4.79 Å². The van der Waals surface area contributed by atoms with Crippen LogP contribution in [0.25, 0.3) is 0 Å². The van der Waals surface area contributed by atoms with E-state index in [1.807, 2.05) is 47.8 Å². The molecule has 1 atom stereocenters. The Morgan fingerprint density at radius 3 is 2.88 bits per heavy atom. The van der Waals surface area contributed by atoms with Crippen molar-refractivity contribution in [1.82, 2.24) is 24.8 Å². The van der Waals surface area contributed by atoms with Crippen molar-refractivity contribution in [3.05, 3.63) is 47.8 Å². The SMILES string of the molecule is Cc1cccc(C(=O)N(Cc2nccn2C)[C@H]2CC23CCNCC3)n1. The van der Waals surface area contributed by atoms with E-state index in [-0.39, 0.29) is 11.3 Å². The molecule has 0 radical (unpaired) electrons. The number of nitrogens with one attached hydrogen (secondary N) is 1. The Labute approximate surface area is 148 Å². The first kappa shape index (κ1) is 16.3. The van der Waals surface area contributed by atoms with Crippen molar-refractivity contribution < 1.29 is 4.79 Å². The van der Waals surface area contributed by atoms with Gasteiger partial charge in [-0.05, 0) is 56.8 Å². The lowest BCUT2D eigenvalue weighted by Crippen LogP contribution is -2.40. The molecule has 0 bridgehead atoms. The summed E-state index contributed by atoms with van der Waals surface area (Å²) in [5.74, 6) is 0.934. The Hall–Kier alpha value is -2.21. The Kier molecular flexibility index (Phi) is 4.07. The van der Waals surface area contributed by atoms with Gasteiger partial charge in [-0.3, -0.25) is 4.79 Å². The van der Waals surface area contributed by atoms with Gasteiger partial charge in [-0.1, -0.05) is 6.07 Å². The molecule has 1 saturated heterocycles. The van der Waals surface area contributed by atoms with Crippen molar-refractivity contribution >= 4 is 5.91 Å². The highest BCUT2D eigenvalue weighted by Crippen LogP contribution is 2.56. The smallest absolute Gasteiger partial charge is 0.273 e. The zero-order valence-electron chi connectivity index (χ0n) is 14.9. The van der Waals surface area contributed by atoms with E-state index in [2.05, 4.69) is 15.3 Å². The molecule has 1 saturated carbocycles. The van der Waals surface area contributed by atoms with Gasteiger partial charge in [-0.15, -0.1) is 0 Å². The van der Waals surface area contributed by atoms with E-state index in [0.29, 0.717) is 18.3 Å². The third-order valence-electron chi connectivity index (χ3n) is 5.72. The van der Waals surface area contributed by atoms with Gasteiger partial charge in [0.05, 0.1) is 6.54 Å². The second-order valence-corrected chi connectivity index (χ2v) is 7.38. The average Bonchev–Trinajstić information content (AvgIpc) is 3.13. The summed E-state index contributed by atoms with van der Waals surface area (Å²) in [5.41, 5.74) is 1.69. The lowest BCUT2D eigenvalue weighted by molar-refractivity contribution is 0.0679. The molecule has 1 spiro atoms. The van der Waals surface area contributed by atoms with E-state index >= 15 is 0 Å². The number of aromatic nitrogens is 3. The topological polar surface area (TPSA) is 63.1 Å². The quantitative estimate of drug-likeness (QED) is 0.924. The molecule has 6 heteroatoms. The Morgan fingerprint density at radius 1 is 1.40 bits per heavy atom. The van der Waals surface area contributed by atoms with Crippen LogP contribution in [-0.4, -0.2) is 44.5 Å². The van der Waals surface area contributed by atoms with Gasteiger partial charge < -0.3 is 14.8 Å². The van der Waals surface area contributed by atoms with E-state index in [1.54, 1.807) is 6.20 Å². The second kappa shape index (κ2) is 6.26. The number of aryl methyl sites for hydroxylation is 2. The number of imidazole rings is 1. The van der Waals surface area contributed by atoms with Gasteiger partial charge >= 0.3 is 0 Å². The van der Waals surface area contributed by atoms with Crippen molar-refractivity contribution in [1.29, 1.82) is 0 Å². The third-order valence-corrected chi connectivity index (χ3v) is 5.72. The van der Waals surface area contributed by atoms with Crippen LogP contribution in [-0.2, 0) is 13.6 Å². The Balaban J connectivity index is 1.62. The van der Waals surface area contributed by atoms with Crippen LogP contribution in [0.5, 0.6) is 0 Å². The summed E-state index contributed by atoms with van der Waals surface area (Å²) in [5, 5.41) is 3.43. The normalized spacial score (nSPS) is 21.3. The van der Waals surface area contributed by atoms with E-state index in [4.69, 9.17) is 0 Å². The fraction of sp³-hybridized carbons (Fsp3) is 0.526. The minimum Gasteiger partial charge on any atom is -0.337 e. The number of amides is 1. The summed E-state index contributed by atoms with van der Waals surface area (Å²) in [6.07, 6.45) is 7.09. The molecule has 132 valence electrons. The number of hydrogen-bond donors (Lipinski definition) is 1. The van der Waals surface area contributed by atoms with Crippen molar-refractivity contribution in [2.45, 2.75) is 38.8 Å². The van der Waals surface area contributed by atoms with Crippen LogP contribution in [0.4, 0.5) is 0 Å². The summed E-state index contributed by atoms with van der Waals surface area (Å²) in [7, 11) is 1.98. The molecule has 6 nitrogen and oxygen atoms in total. The van der Waals surface area contributed by atoms with Crippen molar-refractivity contribution in [2.24, 2.45) is 12.5 Å². The fourth-order valence-corrected chi connectivity index (χ4v) is 4.06. The molecule has 1 amide bonds. The Morgan fingerprint density at radius 2 is 2.20 bits per heavy atom. The number of hydrogen-bond acceptors (Lipinski definition) is 4. The first-order valence-electron chi connectivity index (χ1n) is 9.01. The van der Waals surface area contributed by atoms with Gasteiger partial charge in [0, 0.05) is 31.2 Å². The van der Waals surface area contributed by atoms with Crippen LogP contribution in [0, 0.1) is 12.3 Å². The number of carbonyl (C=O) groups is 1. The van der Waals surface area contributed by atoms with Gasteiger partial charge in [-0.2, -0.15) is 0 Å². The van der Waals surface area contributed by atoms with Gasteiger partial charge in [0.25, 0.3) is 5.91 Å². The number of piperidine rings is 1. The number of nitrogens with zero attached hydrogens (tertiary/aromatic N) is 4. The van der Waals surface area contributed by atoms with Gasteiger partial charge in [0.1, 0.15) is 11.5 Å². The molecule has 25 heavy (non-hydrogen) atoms. The molecular weight excluding hydrogens is 314 g/mol. The van der Waals surface area contributed by atoms with Crippen LogP contribution in [0.3, 0.4) is 0 Å². The van der Waals surface area contributed by atoms with Crippen molar-refractivity contribution in [3.8, 4) is 0 Å². The van der Waals surface area contributed by atoms with E-state index in [0.717, 1.165) is 43.9 Å².